The van der Waals surface area contributed by atoms with Gasteiger partial charge in [-0.05, 0) is 32.0 Å². The van der Waals surface area contributed by atoms with Gasteiger partial charge in [-0.3, -0.25) is 4.79 Å². The van der Waals surface area contributed by atoms with Gasteiger partial charge in [-0.1, -0.05) is 15.9 Å². The van der Waals surface area contributed by atoms with Crippen molar-refractivity contribution in [3.8, 4) is 0 Å². The molecule has 1 aromatic heterocycles. The molecule has 3 rings (SSSR count). The molecule has 0 radical (unpaired) electrons. The normalized spacial score (nSPS) is 18.1. The van der Waals surface area contributed by atoms with Crippen LogP contribution >= 0.6 is 27.3 Å². The van der Waals surface area contributed by atoms with Gasteiger partial charge in [0.05, 0.1) is 24.4 Å². The molecule has 4 nitrogen and oxygen atoms in total. The van der Waals surface area contributed by atoms with Crippen LogP contribution in [0.1, 0.15) is 23.5 Å². The summed E-state index contributed by atoms with van der Waals surface area (Å²) >= 11 is 4.90. The van der Waals surface area contributed by atoms with Gasteiger partial charge in [0.2, 0.25) is 0 Å². The summed E-state index contributed by atoms with van der Waals surface area (Å²) in [6.45, 7) is 5.76. The Labute approximate surface area is 136 Å². The predicted octanol–water partition coefficient (Wildman–Crippen LogP) is 3.50. The lowest BCUT2D eigenvalue weighted by atomic mass is 10.0. The number of carbonyl (C=O) groups is 1. The average Bonchev–Trinajstić information content (AvgIpc) is 2.75. The van der Waals surface area contributed by atoms with Gasteiger partial charge in [-0.25, -0.2) is 0 Å². The number of ether oxygens (including phenoxy) is 1. The lowest BCUT2D eigenvalue weighted by Gasteiger charge is -2.41. The first-order valence-electron chi connectivity index (χ1n) is 6.77. The number of nitrogens with zero attached hydrogens (tertiary/aromatic N) is 1. The van der Waals surface area contributed by atoms with E-state index in [-0.39, 0.29) is 11.4 Å². The van der Waals surface area contributed by atoms with Crippen LogP contribution in [0.15, 0.2) is 22.7 Å². The number of hydrogen-bond acceptors (Lipinski definition) is 4. The number of morpholine rings is 1. The molecular formula is C15H17BrN2O2S. The molecule has 1 saturated heterocycles. The summed E-state index contributed by atoms with van der Waals surface area (Å²) in [7, 11) is 0. The van der Waals surface area contributed by atoms with Crippen molar-refractivity contribution < 1.29 is 9.53 Å². The zero-order chi connectivity index (χ0) is 15.2. The molecule has 1 aromatic carbocycles. The van der Waals surface area contributed by atoms with Crippen LogP contribution in [0.25, 0.3) is 10.1 Å². The highest BCUT2D eigenvalue weighted by Crippen LogP contribution is 2.37. The lowest BCUT2D eigenvalue weighted by molar-refractivity contribution is -0.0368. The minimum atomic E-state index is -0.307. The Balaban J connectivity index is 2.03. The van der Waals surface area contributed by atoms with E-state index in [0.29, 0.717) is 30.3 Å². The number of nitrogens with two attached hydrogens (primary N) is 1. The van der Waals surface area contributed by atoms with E-state index in [9.17, 15) is 4.79 Å². The molecule has 1 fully saturated rings. The first-order valence-corrected chi connectivity index (χ1v) is 8.38. The summed E-state index contributed by atoms with van der Waals surface area (Å²) in [5, 5.41) is 0.934. The van der Waals surface area contributed by atoms with Crippen molar-refractivity contribution in [3.05, 3.63) is 27.5 Å². The highest BCUT2D eigenvalue weighted by molar-refractivity contribution is 9.10. The summed E-state index contributed by atoms with van der Waals surface area (Å²) in [5.41, 5.74) is 6.48. The Bertz CT molecular complexity index is 711. The van der Waals surface area contributed by atoms with E-state index in [4.69, 9.17) is 10.5 Å². The number of anilines is 1. The van der Waals surface area contributed by atoms with Gasteiger partial charge in [-0.15, -0.1) is 11.3 Å². The molecule has 2 N–H and O–H groups in total. The highest BCUT2D eigenvalue weighted by Gasteiger charge is 2.36. The maximum Gasteiger partial charge on any atom is 0.266 e. The Morgan fingerprint density at radius 1 is 1.48 bits per heavy atom. The second-order valence-electron chi connectivity index (χ2n) is 5.81. The second-order valence-corrected chi connectivity index (χ2v) is 7.78. The minimum absolute atomic E-state index is 0.00174. The molecule has 0 atom stereocenters. The van der Waals surface area contributed by atoms with Gasteiger partial charge in [-0.2, -0.15) is 0 Å². The van der Waals surface area contributed by atoms with E-state index in [2.05, 4.69) is 15.9 Å². The molecule has 0 saturated carbocycles. The quantitative estimate of drug-likeness (QED) is 0.837. The Hall–Kier alpha value is -1.11. The zero-order valence-corrected chi connectivity index (χ0v) is 14.4. The second kappa shape index (κ2) is 5.26. The number of amides is 1. The summed E-state index contributed by atoms with van der Waals surface area (Å²) in [6, 6.07) is 5.91. The molecule has 2 heterocycles. The van der Waals surface area contributed by atoms with Crippen molar-refractivity contribution >= 4 is 48.9 Å². The molecular weight excluding hydrogens is 352 g/mol. The van der Waals surface area contributed by atoms with Crippen molar-refractivity contribution in [1.82, 2.24) is 4.90 Å². The fraction of sp³-hybridized carbons (Fsp3) is 0.400. The number of benzene rings is 1. The molecule has 2 aromatic rings. The molecule has 0 bridgehead atoms. The summed E-state index contributed by atoms with van der Waals surface area (Å²) in [6.07, 6.45) is 0. The molecule has 1 aliphatic rings. The summed E-state index contributed by atoms with van der Waals surface area (Å²) in [4.78, 5) is 15.4. The van der Waals surface area contributed by atoms with Crippen molar-refractivity contribution in [2.24, 2.45) is 0 Å². The SMILES string of the molecule is CC1(C)COCCN1C(=O)c1sc2ccc(Br)cc2c1N. The number of carbonyl (C=O) groups excluding carboxylic acids is 1. The first kappa shape index (κ1) is 14.8. The van der Waals surface area contributed by atoms with Gasteiger partial charge in [0.25, 0.3) is 5.91 Å². The van der Waals surface area contributed by atoms with Crippen LogP contribution in [0.4, 0.5) is 5.69 Å². The molecule has 6 heteroatoms. The predicted molar refractivity (Wildman–Crippen MR) is 89.9 cm³/mol. The lowest BCUT2D eigenvalue weighted by Crippen LogP contribution is -2.55. The van der Waals surface area contributed by atoms with E-state index < -0.39 is 0 Å². The molecule has 112 valence electrons. The smallest absolute Gasteiger partial charge is 0.266 e. The third-order valence-electron chi connectivity index (χ3n) is 3.77. The van der Waals surface area contributed by atoms with Crippen LogP contribution in [0.5, 0.6) is 0 Å². The number of hydrogen-bond donors (Lipinski definition) is 1. The van der Waals surface area contributed by atoms with Gasteiger partial charge < -0.3 is 15.4 Å². The van der Waals surface area contributed by atoms with E-state index in [1.165, 1.54) is 11.3 Å². The number of halogens is 1. The fourth-order valence-electron chi connectivity index (χ4n) is 2.61. The van der Waals surface area contributed by atoms with Crippen molar-refractivity contribution in [2.75, 3.05) is 25.5 Å². The van der Waals surface area contributed by atoms with E-state index in [0.717, 1.165) is 14.6 Å². The van der Waals surface area contributed by atoms with Crippen LogP contribution in [0, 0.1) is 0 Å². The third kappa shape index (κ3) is 2.56. The van der Waals surface area contributed by atoms with E-state index in [1.54, 1.807) is 0 Å². The van der Waals surface area contributed by atoms with Crippen LogP contribution < -0.4 is 5.73 Å². The van der Waals surface area contributed by atoms with Crippen LogP contribution in [-0.2, 0) is 4.74 Å². The number of thiophene rings is 1. The summed E-state index contributed by atoms with van der Waals surface area (Å²) < 4.78 is 7.47. The largest absolute Gasteiger partial charge is 0.397 e. The molecule has 0 aliphatic carbocycles. The maximum absolute atomic E-state index is 12.9. The standard InChI is InChI=1S/C15H17BrN2O2S/c1-15(2)8-20-6-5-18(15)14(19)13-12(17)10-7-9(16)3-4-11(10)21-13/h3-4,7H,5-6,8,17H2,1-2H3. The van der Waals surface area contributed by atoms with Crippen LogP contribution in [0.3, 0.4) is 0 Å². The molecule has 0 unspecified atom stereocenters. The first-order chi connectivity index (χ1) is 9.90. The van der Waals surface area contributed by atoms with Crippen molar-refractivity contribution in [3.63, 3.8) is 0 Å². The third-order valence-corrected chi connectivity index (χ3v) is 5.44. The van der Waals surface area contributed by atoms with Crippen molar-refractivity contribution in [2.45, 2.75) is 19.4 Å². The fourth-order valence-corrected chi connectivity index (χ4v) is 4.02. The van der Waals surface area contributed by atoms with E-state index >= 15 is 0 Å². The number of fused-ring (bicyclic) bond motifs is 1. The zero-order valence-electron chi connectivity index (χ0n) is 12.0. The molecule has 0 spiro atoms. The highest BCUT2D eigenvalue weighted by atomic mass is 79.9. The Morgan fingerprint density at radius 2 is 2.24 bits per heavy atom. The summed E-state index contributed by atoms with van der Waals surface area (Å²) in [5.74, 6) is -0.00174. The van der Waals surface area contributed by atoms with Crippen LogP contribution in [0.2, 0.25) is 0 Å². The molecule has 1 aliphatic heterocycles. The van der Waals surface area contributed by atoms with Gasteiger partial charge in [0, 0.05) is 21.1 Å². The monoisotopic (exact) mass is 368 g/mol. The molecule has 21 heavy (non-hydrogen) atoms. The van der Waals surface area contributed by atoms with E-state index in [1.807, 2.05) is 36.9 Å². The number of rotatable bonds is 1. The van der Waals surface area contributed by atoms with Crippen molar-refractivity contribution in [1.29, 1.82) is 0 Å². The maximum atomic E-state index is 12.9. The average molecular weight is 369 g/mol. The van der Waals surface area contributed by atoms with Crippen LogP contribution in [-0.4, -0.2) is 36.1 Å². The topological polar surface area (TPSA) is 55.6 Å². The minimum Gasteiger partial charge on any atom is -0.397 e. The number of nitrogen functional groups attached to an aromatic ring is 1. The Morgan fingerprint density at radius 3 is 2.95 bits per heavy atom. The van der Waals surface area contributed by atoms with Gasteiger partial charge >= 0.3 is 0 Å². The Kier molecular flexibility index (Phi) is 3.71. The van der Waals surface area contributed by atoms with Gasteiger partial charge in [0.1, 0.15) is 4.88 Å². The molecule has 1 amide bonds. The van der Waals surface area contributed by atoms with Gasteiger partial charge in [0.15, 0.2) is 0 Å².